The van der Waals surface area contributed by atoms with Crippen LogP contribution in [0.15, 0.2) is 126 Å². The quantitative estimate of drug-likeness (QED) is 0.269. The van der Waals surface area contributed by atoms with E-state index in [0.29, 0.717) is 5.56 Å². The van der Waals surface area contributed by atoms with E-state index in [1.165, 1.54) is 0 Å². The van der Waals surface area contributed by atoms with Crippen molar-refractivity contribution in [1.29, 1.82) is 0 Å². The van der Waals surface area contributed by atoms with Crippen molar-refractivity contribution in [3.8, 4) is 0 Å². The second kappa shape index (κ2) is 8.67. The summed E-state index contributed by atoms with van der Waals surface area (Å²) in [6.45, 7) is 0. The summed E-state index contributed by atoms with van der Waals surface area (Å²) in [7, 11) is 0. The van der Waals surface area contributed by atoms with Gasteiger partial charge in [-0.2, -0.15) is 0 Å². The maximum Gasteiger partial charge on any atom is 0.344 e. The molecule has 0 radical (unpaired) electrons. The molecule has 7 rings (SSSR count). The van der Waals surface area contributed by atoms with Gasteiger partial charge in [-0.1, -0.05) is 109 Å². The SMILES string of the molecule is O=C(c1ccccc1)[C@H]1[C@H](c2ccccc2)[C@@]2(N=C(c3ccccc3)OC2=O)[C@@H]2C=Cc3ccccc3N21. The molecule has 3 aliphatic rings. The van der Waals surface area contributed by atoms with E-state index in [0.717, 1.165) is 22.4 Å². The van der Waals surface area contributed by atoms with E-state index in [-0.39, 0.29) is 11.7 Å². The average molecular weight is 497 g/mol. The Labute approximate surface area is 220 Å². The van der Waals surface area contributed by atoms with Crippen LogP contribution in [0.3, 0.4) is 0 Å². The highest BCUT2D eigenvalue weighted by Crippen LogP contribution is 2.55. The molecule has 5 nitrogen and oxygen atoms in total. The summed E-state index contributed by atoms with van der Waals surface area (Å²) in [5.41, 5.74) is 2.76. The number of hydrogen-bond acceptors (Lipinski definition) is 5. The van der Waals surface area contributed by atoms with Crippen LogP contribution in [0.5, 0.6) is 0 Å². The molecule has 0 aliphatic carbocycles. The number of carbonyl (C=O) groups excluding carboxylic acids is 2. The number of aliphatic imine (C=N–C) groups is 1. The molecule has 1 fully saturated rings. The molecular weight excluding hydrogens is 472 g/mol. The van der Waals surface area contributed by atoms with Crippen molar-refractivity contribution < 1.29 is 14.3 Å². The molecule has 38 heavy (non-hydrogen) atoms. The Morgan fingerprint density at radius 1 is 0.789 bits per heavy atom. The largest absolute Gasteiger partial charge is 0.405 e. The summed E-state index contributed by atoms with van der Waals surface area (Å²) >= 11 is 0. The minimum Gasteiger partial charge on any atom is -0.405 e. The van der Waals surface area contributed by atoms with Crippen LogP contribution >= 0.6 is 0 Å². The lowest BCUT2D eigenvalue weighted by Gasteiger charge is -2.35. The van der Waals surface area contributed by atoms with Crippen molar-refractivity contribution >= 4 is 29.4 Å². The Morgan fingerprint density at radius 3 is 2.16 bits per heavy atom. The van der Waals surface area contributed by atoms with E-state index in [1.54, 1.807) is 0 Å². The van der Waals surface area contributed by atoms with E-state index in [9.17, 15) is 9.59 Å². The number of para-hydroxylation sites is 1. The fraction of sp³-hybridized carbons (Fsp3) is 0.121. The fourth-order valence-corrected chi connectivity index (χ4v) is 6.21. The van der Waals surface area contributed by atoms with Crippen LogP contribution in [0.25, 0.3) is 6.08 Å². The van der Waals surface area contributed by atoms with E-state index in [2.05, 4.69) is 4.90 Å². The molecule has 0 unspecified atom stereocenters. The minimum absolute atomic E-state index is 0.0532. The maximum absolute atomic E-state index is 14.4. The number of esters is 1. The Bertz CT molecular complexity index is 1600. The van der Waals surface area contributed by atoms with Crippen LogP contribution in [0.4, 0.5) is 5.69 Å². The third-order valence-electron chi connectivity index (χ3n) is 7.82. The van der Waals surface area contributed by atoms with Crippen molar-refractivity contribution in [1.82, 2.24) is 0 Å². The number of nitrogens with zero attached hydrogens (tertiary/aromatic N) is 2. The first-order valence-corrected chi connectivity index (χ1v) is 12.8. The van der Waals surface area contributed by atoms with E-state index in [4.69, 9.17) is 9.73 Å². The molecule has 1 spiro atoms. The number of benzene rings is 4. The van der Waals surface area contributed by atoms with Crippen LogP contribution in [0.1, 0.15) is 33.0 Å². The first-order chi connectivity index (χ1) is 18.7. The highest BCUT2D eigenvalue weighted by atomic mass is 16.6. The molecule has 4 atom stereocenters. The van der Waals surface area contributed by atoms with E-state index >= 15 is 0 Å². The zero-order valence-corrected chi connectivity index (χ0v) is 20.5. The van der Waals surface area contributed by atoms with Gasteiger partial charge in [0.15, 0.2) is 11.3 Å². The second-order valence-electron chi connectivity index (χ2n) is 9.83. The van der Waals surface area contributed by atoms with Crippen molar-refractivity contribution in [3.05, 3.63) is 144 Å². The highest BCUT2D eigenvalue weighted by molar-refractivity contribution is 6.12. The molecule has 0 N–H and O–H groups in total. The fourth-order valence-electron chi connectivity index (χ4n) is 6.21. The standard InChI is InChI=1S/C33H24N2O3/c36-30(24-15-6-2-7-16-24)29-28(23-13-4-1-5-14-23)33(27-21-20-22-12-10-11-19-26(22)35(27)29)32(37)38-31(34-33)25-17-8-3-9-18-25/h1-21,27-29H/t27-,28-,29+,33-/m0/s1. The predicted molar refractivity (Wildman–Crippen MR) is 147 cm³/mol. The van der Waals surface area contributed by atoms with Gasteiger partial charge >= 0.3 is 5.97 Å². The Morgan fingerprint density at radius 2 is 1.42 bits per heavy atom. The third-order valence-corrected chi connectivity index (χ3v) is 7.82. The molecule has 5 heteroatoms. The number of Topliss-reactive ketones (excluding diaryl/α,β-unsaturated/α-hetero) is 1. The molecule has 4 aromatic rings. The summed E-state index contributed by atoms with van der Waals surface area (Å²) in [4.78, 5) is 35.8. The Balaban J connectivity index is 1.51. The van der Waals surface area contributed by atoms with Crippen LogP contribution in [0, 0.1) is 0 Å². The van der Waals surface area contributed by atoms with Gasteiger partial charge in [-0.3, -0.25) is 4.79 Å². The van der Waals surface area contributed by atoms with Crippen LogP contribution in [-0.4, -0.2) is 35.3 Å². The van der Waals surface area contributed by atoms with Gasteiger partial charge in [-0.25, -0.2) is 9.79 Å². The normalized spacial score (nSPS) is 25.1. The first kappa shape index (κ1) is 22.4. The smallest absolute Gasteiger partial charge is 0.344 e. The lowest BCUT2D eigenvalue weighted by molar-refractivity contribution is -0.139. The van der Waals surface area contributed by atoms with Crippen LogP contribution in [-0.2, 0) is 9.53 Å². The van der Waals surface area contributed by atoms with Gasteiger partial charge in [-0.15, -0.1) is 0 Å². The minimum atomic E-state index is -1.34. The third kappa shape index (κ3) is 3.21. The summed E-state index contributed by atoms with van der Waals surface area (Å²) in [5.74, 6) is -0.780. The number of hydrogen-bond donors (Lipinski definition) is 0. The lowest BCUT2D eigenvalue weighted by atomic mass is 9.74. The Kier molecular flexibility index (Phi) is 5.11. The van der Waals surface area contributed by atoms with Crippen molar-refractivity contribution in [2.45, 2.75) is 23.5 Å². The summed E-state index contributed by atoms with van der Waals surface area (Å²) in [6.07, 6.45) is 4.04. The van der Waals surface area contributed by atoms with Gasteiger partial charge in [0.2, 0.25) is 5.90 Å². The topological polar surface area (TPSA) is 59.0 Å². The molecule has 1 saturated heterocycles. The second-order valence-corrected chi connectivity index (χ2v) is 9.83. The average Bonchev–Trinajstić information content (AvgIpc) is 3.49. The van der Waals surface area contributed by atoms with Crippen LogP contribution in [0.2, 0.25) is 0 Å². The molecule has 0 amide bonds. The molecule has 3 heterocycles. The zero-order chi connectivity index (χ0) is 25.7. The van der Waals surface area contributed by atoms with Gasteiger partial charge < -0.3 is 9.64 Å². The molecule has 184 valence electrons. The highest BCUT2D eigenvalue weighted by Gasteiger charge is 2.69. The monoisotopic (exact) mass is 496 g/mol. The molecule has 4 aromatic carbocycles. The maximum atomic E-state index is 14.4. The number of rotatable bonds is 4. The molecule has 0 saturated carbocycles. The number of anilines is 1. The summed E-state index contributed by atoms with van der Waals surface area (Å²) in [5, 5.41) is 0. The number of cyclic esters (lactones) is 1. The predicted octanol–water partition coefficient (Wildman–Crippen LogP) is 5.68. The molecular formula is C33H24N2O3. The van der Waals surface area contributed by atoms with Gasteiger partial charge in [0, 0.05) is 16.8 Å². The lowest BCUT2D eigenvalue weighted by Crippen LogP contribution is -2.49. The molecule has 0 aromatic heterocycles. The zero-order valence-electron chi connectivity index (χ0n) is 20.5. The van der Waals surface area contributed by atoms with Gasteiger partial charge in [0.25, 0.3) is 0 Å². The van der Waals surface area contributed by atoms with Crippen LogP contribution < -0.4 is 4.90 Å². The molecule has 0 bridgehead atoms. The summed E-state index contributed by atoms with van der Waals surface area (Å²) in [6, 6.07) is 35.4. The number of fused-ring (bicyclic) bond motifs is 4. The van der Waals surface area contributed by atoms with Crippen molar-refractivity contribution in [2.24, 2.45) is 4.99 Å². The van der Waals surface area contributed by atoms with E-state index < -0.39 is 29.5 Å². The van der Waals surface area contributed by atoms with Gasteiger partial charge in [0.05, 0.1) is 12.0 Å². The Hall–Kier alpha value is -4.77. The van der Waals surface area contributed by atoms with Gasteiger partial charge in [0.1, 0.15) is 6.04 Å². The first-order valence-electron chi connectivity index (χ1n) is 12.8. The number of carbonyl (C=O) groups is 2. The number of ether oxygens (including phenoxy) is 1. The van der Waals surface area contributed by atoms with Gasteiger partial charge in [-0.05, 0) is 29.3 Å². The van der Waals surface area contributed by atoms with Crippen molar-refractivity contribution in [3.63, 3.8) is 0 Å². The number of ketones is 1. The van der Waals surface area contributed by atoms with Crippen molar-refractivity contribution in [2.75, 3.05) is 4.90 Å². The molecule has 3 aliphatic heterocycles. The summed E-state index contributed by atoms with van der Waals surface area (Å²) < 4.78 is 5.95. The van der Waals surface area contributed by atoms with E-state index in [1.807, 2.05) is 127 Å².